The van der Waals surface area contributed by atoms with Gasteiger partial charge in [0.25, 0.3) is 0 Å². The molecule has 20 heavy (non-hydrogen) atoms. The topological polar surface area (TPSA) is 41.6 Å². The predicted molar refractivity (Wildman–Crippen MR) is 83.3 cm³/mol. The number of carbonyl (C=O) groups excluding carboxylic acids is 1. The molecule has 1 atom stereocenters. The molecule has 5 heteroatoms. The quantitative estimate of drug-likeness (QED) is 0.901. The molecule has 1 aromatic carbocycles. The Kier molecular flexibility index (Phi) is 5.73. The molecular formula is C15H22N2O2S. The van der Waals surface area contributed by atoms with Crippen LogP contribution in [0, 0.1) is 0 Å². The predicted octanol–water partition coefficient (Wildman–Crippen LogP) is 1.92. The Balaban J connectivity index is 2.20. The van der Waals surface area contributed by atoms with Crippen LogP contribution >= 0.6 is 11.8 Å². The number of hydrogen-bond acceptors (Lipinski definition) is 4. The average molecular weight is 294 g/mol. The summed E-state index contributed by atoms with van der Waals surface area (Å²) >= 11 is 1.71. The molecule has 1 aliphatic heterocycles. The number of hydrogen-bond donors (Lipinski definition) is 1. The van der Waals surface area contributed by atoms with Gasteiger partial charge in [-0.25, -0.2) is 0 Å². The second kappa shape index (κ2) is 7.55. The molecule has 4 nitrogen and oxygen atoms in total. The van der Waals surface area contributed by atoms with Gasteiger partial charge in [0.2, 0.25) is 5.91 Å². The summed E-state index contributed by atoms with van der Waals surface area (Å²) < 4.78 is 5.44. The van der Waals surface area contributed by atoms with Crippen molar-refractivity contribution in [2.24, 2.45) is 0 Å². The fourth-order valence-corrected chi connectivity index (χ4v) is 2.93. The number of methoxy groups -OCH3 is 1. The van der Waals surface area contributed by atoms with Crippen molar-refractivity contribution >= 4 is 17.7 Å². The van der Waals surface area contributed by atoms with Crippen LogP contribution in [0.2, 0.25) is 0 Å². The third-order valence-corrected chi connectivity index (χ3v) is 4.19. The smallest absolute Gasteiger partial charge is 0.224 e. The zero-order chi connectivity index (χ0) is 14.4. The Morgan fingerprint density at radius 2 is 2.30 bits per heavy atom. The lowest BCUT2D eigenvalue weighted by molar-refractivity contribution is -0.134. The lowest BCUT2D eigenvalue weighted by Crippen LogP contribution is -2.48. The van der Waals surface area contributed by atoms with Gasteiger partial charge in [-0.15, -0.1) is 0 Å². The van der Waals surface area contributed by atoms with E-state index in [9.17, 15) is 4.79 Å². The molecule has 1 heterocycles. The number of nitrogens with one attached hydrogen (secondary N) is 1. The van der Waals surface area contributed by atoms with E-state index in [2.05, 4.69) is 5.32 Å². The first-order chi connectivity index (χ1) is 9.77. The highest BCUT2D eigenvalue weighted by atomic mass is 32.2. The van der Waals surface area contributed by atoms with Crippen molar-refractivity contribution in [3.05, 3.63) is 29.8 Å². The minimum Gasteiger partial charge on any atom is -0.496 e. The monoisotopic (exact) mass is 294 g/mol. The number of benzene rings is 1. The third-order valence-electron chi connectivity index (χ3n) is 3.58. The Bertz CT molecular complexity index is 453. The molecule has 0 radical (unpaired) electrons. The van der Waals surface area contributed by atoms with Gasteiger partial charge in [0, 0.05) is 37.4 Å². The highest BCUT2D eigenvalue weighted by Gasteiger charge is 2.29. The summed E-state index contributed by atoms with van der Waals surface area (Å²) in [5, 5.41) is 3.37. The Morgan fingerprint density at radius 1 is 1.50 bits per heavy atom. The van der Waals surface area contributed by atoms with E-state index in [0.29, 0.717) is 6.42 Å². The molecule has 0 aliphatic carbocycles. The first-order valence-electron chi connectivity index (χ1n) is 6.90. The van der Waals surface area contributed by atoms with E-state index in [1.165, 1.54) is 0 Å². The molecule has 1 N–H and O–H groups in total. The van der Waals surface area contributed by atoms with E-state index in [1.807, 2.05) is 35.4 Å². The lowest BCUT2D eigenvalue weighted by Gasteiger charge is -2.37. The maximum absolute atomic E-state index is 12.4. The van der Waals surface area contributed by atoms with Crippen molar-refractivity contribution in [3.63, 3.8) is 0 Å². The Hall–Kier alpha value is -1.20. The molecule has 1 unspecified atom stereocenters. The van der Waals surface area contributed by atoms with Crippen molar-refractivity contribution in [1.82, 2.24) is 10.2 Å². The van der Waals surface area contributed by atoms with E-state index < -0.39 is 0 Å². The summed E-state index contributed by atoms with van der Waals surface area (Å²) in [7, 11) is 1.68. The Morgan fingerprint density at radius 3 is 3.05 bits per heavy atom. The molecule has 1 amide bonds. The maximum Gasteiger partial charge on any atom is 0.224 e. The molecule has 0 bridgehead atoms. The SMILES string of the molecule is COc1ccccc1C1CNCCN1C(=O)CCSC. The minimum atomic E-state index is 0.0641. The van der Waals surface area contributed by atoms with E-state index >= 15 is 0 Å². The molecule has 1 aliphatic rings. The second-order valence-corrected chi connectivity index (χ2v) is 5.78. The summed E-state index contributed by atoms with van der Waals surface area (Å²) in [6.45, 7) is 2.40. The van der Waals surface area contributed by atoms with Gasteiger partial charge in [-0.05, 0) is 12.3 Å². The van der Waals surface area contributed by atoms with Crippen LogP contribution in [0.15, 0.2) is 24.3 Å². The van der Waals surface area contributed by atoms with Gasteiger partial charge in [-0.3, -0.25) is 4.79 Å². The van der Waals surface area contributed by atoms with Crippen LogP contribution < -0.4 is 10.1 Å². The molecule has 1 aromatic rings. The highest BCUT2D eigenvalue weighted by Crippen LogP contribution is 2.30. The summed E-state index contributed by atoms with van der Waals surface area (Å²) in [6, 6.07) is 8.02. The summed E-state index contributed by atoms with van der Waals surface area (Å²) in [6.07, 6.45) is 2.63. The van der Waals surface area contributed by atoms with Crippen LogP contribution in [0.3, 0.4) is 0 Å². The Labute approximate surface area is 124 Å². The average Bonchev–Trinajstić information content (AvgIpc) is 2.52. The van der Waals surface area contributed by atoms with Crippen molar-refractivity contribution in [2.75, 3.05) is 38.8 Å². The van der Waals surface area contributed by atoms with Crippen molar-refractivity contribution in [1.29, 1.82) is 0 Å². The van der Waals surface area contributed by atoms with Crippen LogP contribution in [0.25, 0.3) is 0 Å². The van der Waals surface area contributed by atoms with Gasteiger partial charge in [0.1, 0.15) is 5.75 Å². The van der Waals surface area contributed by atoms with Gasteiger partial charge in [-0.2, -0.15) is 11.8 Å². The van der Waals surface area contributed by atoms with E-state index in [4.69, 9.17) is 4.74 Å². The number of ether oxygens (including phenoxy) is 1. The molecule has 2 rings (SSSR count). The van der Waals surface area contributed by atoms with Gasteiger partial charge in [0.15, 0.2) is 0 Å². The molecule has 0 saturated carbocycles. The van der Waals surface area contributed by atoms with E-state index in [1.54, 1.807) is 18.9 Å². The van der Waals surface area contributed by atoms with Crippen LogP contribution in [-0.2, 0) is 4.79 Å². The van der Waals surface area contributed by atoms with Gasteiger partial charge in [-0.1, -0.05) is 18.2 Å². The zero-order valence-corrected chi connectivity index (χ0v) is 12.9. The van der Waals surface area contributed by atoms with Crippen molar-refractivity contribution in [2.45, 2.75) is 12.5 Å². The molecular weight excluding hydrogens is 272 g/mol. The summed E-state index contributed by atoms with van der Waals surface area (Å²) in [5.74, 6) is 1.96. The number of rotatable bonds is 5. The summed E-state index contributed by atoms with van der Waals surface area (Å²) in [4.78, 5) is 14.4. The van der Waals surface area contributed by atoms with Crippen LogP contribution in [0.1, 0.15) is 18.0 Å². The van der Waals surface area contributed by atoms with E-state index in [-0.39, 0.29) is 11.9 Å². The molecule has 0 aromatic heterocycles. The number of para-hydroxylation sites is 1. The lowest BCUT2D eigenvalue weighted by atomic mass is 10.0. The summed E-state index contributed by atoms with van der Waals surface area (Å²) in [5.41, 5.74) is 1.08. The first-order valence-corrected chi connectivity index (χ1v) is 8.29. The largest absolute Gasteiger partial charge is 0.496 e. The fraction of sp³-hybridized carbons (Fsp3) is 0.533. The molecule has 1 fully saturated rings. The number of thioether (sulfide) groups is 1. The molecule has 1 saturated heterocycles. The zero-order valence-electron chi connectivity index (χ0n) is 12.1. The number of piperazine rings is 1. The first kappa shape index (κ1) is 15.2. The number of carbonyl (C=O) groups is 1. The number of amides is 1. The molecule has 0 spiro atoms. The highest BCUT2D eigenvalue weighted by molar-refractivity contribution is 7.98. The minimum absolute atomic E-state index is 0.0641. The van der Waals surface area contributed by atoms with Gasteiger partial charge in [0.05, 0.1) is 13.2 Å². The van der Waals surface area contributed by atoms with E-state index in [0.717, 1.165) is 36.7 Å². The second-order valence-electron chi connectivity index (χ2n) is 4.79. The van der Waals surface area contributed by atoms with Crippen molar-refractivity contribution in [3.8, 4) is 5.75 Å². The number of nitrogens with zero attached hydrogens (tertiary/aromatic N) is 1. The third kappa shape index (κ3) is 3.46. The van der Waals surface area contributed by atoms with Crippen LogP contribution in [0.5, 0.6) is 5.75 Å². The van der Waals surface area contributed by atoms with Gasteiger partial charge < -0.3 is 15.0 Å². The van der Waals surface area contributed by atoms with Crippen LogP contribution in [-0.4, -0.2) is 49.6 Å². The van der Waals surface area contributed by atoms with Gasteiger partial charge >= 0.3 is 0 Å². The maximum atomic E-state index is 12.4. The van der Waals surface area contributed by atoms with Crippen LogP contribution in [0.4, 0.5) is 0 Å². The normalized spacial score (nSPS) is 18.9. The van der Waals surface area contributed by atoms with Crippen molar-refractivity contribution < 1.29 is 9.53 Å². The standard InChI is InChI=1S/C15H22N2O2S/c1-19-14-6-4-3-5-12(14)13-11-16-8-9-17(13)15(18)7-10-20-2/h3-6,13,16H,7-11H2,1-2H3. The molecule has 110 valence electrons. The fourth-order valence-electron chi connectivity index (χ4n) is 2.56.